The SMILES string of the molecule is Cc1ccc2occ(/C=C/C(=O)Nc3sc4c(c3C(N)=O)CCCC4)c(=O)c2c1. The molecule has 0 aliphatic heterocycles. The molecular weight excluding hydrogens is 388 g/mol. The highest BCUT2D eigenvalue weighted by atomic mass is 32.1. The van der Waals surface area contributed by atoms with Gasteiger partial charge in [-0.25, -0.2) is 0 Å². The quantitative estimate of drug-likeness (QED) is 0.641. The van der Waals surface area contributed by atoms with Crippen molar-refractivity contribution in [2.75, 3.05) is 5.32 Å². The first kappa shape index (κ1) is 19.1. The highest BCUT2D eigenvalue weighted by molar-refractivity contribution is 7.17. The van der Waals surface area contributed by atoms with Crippen molar-refractivity contribution in [3.8, 4) is 0 Å². The van der Waals surface area contributed by atoms with Crippen molar-refractivity contribution in [2.45, 2.75) is 32.6 Å². The molecule has 1 aliphatic rings. The first-order chi connectivity index (χ1) is 13.9. The highest BCUT2D eigenvalue weighted by Gasteiger charge is 2.24. The molecule has 0 saturated heterocycles. The molecule has 2 aromatic heterocycles. The summed E-state index contributed by atoms with van der Waals surface area (Å²) in [5, 5.41) is 3.68. The Morgan fingerprint density at radius 3 is 2.83 bits per heavy atom. The summed E-state index contributed by atoms with van der Waals surface area (Å²) < 4.78 is 5.49. The van der Waals surface area contributed by atoms with Gasteiger partial charge in [-0.2, -0.15) is 0 Å². The predicted molar refractivity (Wildman–Crippen MR) is 114 cm³/mol. The van der Waals surface area contributed by atoms with E-state index >= 15 is 0 Å². The van der Waals surface area contributed by atoms with Crippen LogP contribution in [0.2, 0.25) is 0 Å². The fourth-order valence-electron chi connectivity index (χ4n) is 3.61. The number of carbonyl (C=O) groups is 2. The van der Waals surface area contributed by atoms with Crippen molar-refractivity contribution in [1.82, 2.24) is 0 Å². The molecule has 3 N–H and O–H groups in total. The van der Waals surface area contributed by atoms with Gasteiger partial charge in [0.05, 0.1) is 16.5 Å². The van der Waals surface area contributed by atoms with Crippen molar-refractivity contribution in [3.63, 3.8) is 0 Å². The minimum absolute atomic E-state index is 0.205. The number of nitrogens with two attached hydrogens (primary N) is 1. The number of amides is 2. The summed E-state index contributed by atoms with van der Waals surface area (Å²) in [7, 11) is 0. The van der Waals surface area contributed by atoms with E-state index in [1.54, 1.807) is 12.1 Å². The van der Waals surface area contributed by atoms with E-state index in [2.05, 4.69) is 5.32 Å². The Morgan fingerprint density at radius 1 is 1.24 bits per heavy atom. The standard InChI is InChI=1S/C22H20N2O4S/c1-12-6-8-16-15(10-12)20(26)13(11-28-16)7-9-18(25)24-22-19(21(23)27)14-4-2-3-5-17(14)29-22/h6-11H,2-5H2,1H3,(H2,23,27)(H,24,25)/b9-7+. The van der Waals surface area contributed by atoms with Crippen LogP contribution in [0.25, 0.3) is 17.0 Å². The molecule has 0 fully saturated rings. The minimum atomic E-state index is -0.533. The van der Waals surface area contributed by atoms with Gasteiger partial charge in [0.15, 0.2) is 5.43 Å². The highest BCUT2D eigenvalue weighted by Crippen LogP contribution is 2.37. The smallest absolute Gasteiger partial charge is 0.251 e. The Morgan fingerprint density at radius 2 is 2.03 bits per heavy atom. The van der Waals surface area contributed by atoms with Crippen molar-refractivity contribution < 1.29 is 14.0 Å². The van der Waals surface area contributed by atoms with E-state index < -0.39 is 11.8 Å². The molecule has 2 heterocycles. The monoisotopic (exact) mass is 408 g/mol. The van der Waals surface area contributed by atoms with E-state index in [9.17, 15) is 14.4 Å². The van der Waals surface area contributed by atoms with Crippen molar-refractivity contribution >= 4 is 45.2 Å². The molecule has 0 unspecified atom stereocenters. The van der Waals surface area contributed by atoms with E-state index in [-0.39, 0.29) is 11.0 Å². The Kier molecular flexibility index (Phi) is 5.07. The molecule has 0 saturated carbocycles. The average Bonchev–Trinajstić information content (AvgIpc) is 3.05. The second-order valence-corrected chi connectivity index (χ2v) is 8.23. The average molecular weight is 408 g/mol. The molecule has 4 rings (SSSR count). The lowest BCUT2D eigenvalue weighted by Crippen LogP contribution is -2.17. The fraction of sp³-hybridized carbons (Fsp3) is 0.227. The van der Waals surface area contributed by atoms with Gasteiger partial charge in [0.2, 0.25) is 5.91 Å². The van der Waals surface area contributed by atoms with Gasteiger partial charge < -0.3 is 15.5 Å². The Balaban J connectivity index is 1.59. The molecule has 148 valence electrons. The van der Waals surface area contributed by atoms with Crippen LogP contribution in [0, 0.1) is 6.92 Å². The summed E-state index contributed by atoms with van der Waals surface area (Å²) in [5.41, 5.74) is 8.44. The first-order valence-corrected chi connectivity index (χ1v) is 10.2. The Hall–Kier alpha value is -3.19. The van der Waals surface area contributed by atoms with Crippen LogP contribution in [-0.4, -0.2) is 11.8 Å². The maximum atomic E-state index is 12.6. The number of carbonyl (C=O) groups excluding carboxylic acids is 2. The van der Waals surface area contributed by atoms with Gasteiger partial charge in [-0.15, -0.1) is 11.3 Å². The topological polar surface area (TPSA) is 102 Å². The third kappa shape index (κ3) is 3.73. The van der Waals surface area contributed by atoms with E-state index in [0.29, 0.717) is 21.5 Å². The molecule has 1 aliphatic carbocycles. The lowest BCUT2D eigenvalue weighted by atomic mass is 9.95. The lowest BCUT2D eigenvalue weighted by molar-refractivity contribution is -0.111. The van der Waals surface area contributed by atoms with Gasteiger partial charge in [-0.05, 0) is 56.4 Å². The summed E-state index contributed by atoms with van der Waals surface area (Å²) in [4.78, 5) is 38.1. The number of rotatable bonds is 4. The van der Waals surface area contributed by atoms with E-state index in [1.165, 1.54) is 29.8 Å². The summed E-state index contributed by atoms with van der Waals surface area (Å²) in [6.45, 7) is 1.89. The first-order valence-electron chi connectivity index (χ1n) is 9.39. The van der Waals surface area contributed by atoms with Crippen LogP contribution in [0.1, 0.15) is 44.8 Å². The third-order valence-corrected chi connectivity index (χ3v) is 6.23. The molecule has 0 radical (unpaired) electrons. The number of thiophene rings is 1. The zero-order valence-corrected chi connectivity index (χ0v) is 16.7. The van der Waals surface area contributed by atoms with Crippen molar-refractivity contribution in [2.24, 2.45) is 5.73 Å². The Bertz CT molecular complexity index is 1220. The normalized spacial score (nSPS) is 13.6. The number of hydrogen-bond donors (Lipinski definition) is 2. The molecule has 7 heteroatoms. The molecule has 6 nitrogen and oxygen atoms in total. The van der Waals surface area contributed by atoms with Crippen LogP contribution in [-0.2, 0) is 17.6 Å². The van der Waals surface area contributed by atoms with Crippen LogP contribution >= 0.6 is 11.3 Å². The van der Waals surface area contributed by atoms with Crippen LogP contribution < -0.4 is 16.5 Å². The molecule has 0 bridgehead atoms. The van der Waals surface area contributed by atoms with Crippen LogP contribution in [0.5, 0.6) is 0 Å². The Labute approximate surface area is 171 Å². The zero-order chi connectivity index (χ0) is 20.5. The van der Waals surface area contributed by atoms with Crippen LogP contribution in [0.15, 0.2) is 39.7 Å². The number of nitrogens with one attached hydrogen (secondary N) is 1. The summed E-state index contributed by atoms with van der Waals surface area (Å²) in [6.07, 6.45) is 7.78. The van der Waals surface area contributed by atoms with Gasteiger partial charge in [0, 0.05) is 11.0 Å². The van der Waals surface area contributed by atoms with Gasteiger partial charge >= 0.3 is 0 Å². The molecular formula is C22H20N2O4S. The lowest BCUT2D eigenvalue weighted by Gasteiger charge is -2.11. The zero-order valence-electron chi connectivity index (χ0n) is 15.9. The summed E-state index contributed by atoms with van der Waals surface area (Å²) in [5.74, 6) is -0.968. The summed E-state index contributed by atoms with van der Waals surface area (Å²) in [6, 6.07) is 5.37. The van der Waals surface area contributed by atoms with E-state index in [4.69, 9.17) is 10.2 Å². The minimum Gasteiger partial charge on any atom is -0.463 e. The van der Waals surface area contributed by atoms with Crippen molar-refractivity contribution in [3.05, 3.63) is 67.9 Å². The van der Waals surface area contributed by atoms with Gasteiger partial charge in [0.25, 0.3) is 5.91 Å². The molecule has 0 atom stereocenters. The number of anilines is 1. The van der Waals surface area contributed by atoms with Gasteiger partial charge in [-0.3, -0.25) is 14.4 Å². The van der Waals surface area contributed by atoms with Gasteiger partial charge in [-0.1, -0.05) is 11.6 Å². The molecule has 2 amide bonds. The van der Waals surface area contributed by atoms with Gasteiger partial charge in [0.1, 0.15) is 16.8 Å². The van der Waals surface area contributed by atoms with Crippen LogP contribution in [0.3, 0.4) is 0 Å². The number of primary amides is 1. The van der Waals surface area contributed by atoms with E-state index in [1.807, 2.05) is 13.0 Å². The third-order valence-electron chi connectivity index (χ3n) is 5.02. The van der Waals surface area contributed by atoms with Crippen molar-refractivity contribution in [1.29, 1.82) is 0 Å². The molecule has 0 spiro atoms. The fourth-order valence-corrected chi connectivity index (χ4v) is 4.91. The number of aryl methyl sites for hydroxylation is 2. The van der Waals surface area contributed by atoms with Crippen LogP contribution in [0.4, 0.5) is 5.00 Å². The maximum Gasteiger partial charge on any atom is 0.251 e. The summed E-state index contributed by atoms with van der Waals surface area (Å²) >= 11 is 1.40. The maximum absolute atomic E-state index is 12.6. The molecule has 1 aromatic carbocycles. The second kappa shape index (κ2) is 7.67. The van der Waals surface area contributed by atoms with E-state index in [0.717, 1.165) is 41.7 Å². The molecule has 29 heavy (non-hydrogen) atoms. The number of fused-ring (bicyclic) bond motifs is 2. The predicted octanol–water partition coefficient (Wildman–Crippen LogP) is 3.79. The number of benzene rings is 1. The second-order valence-electron chi connectivity index (χ2n) is 7.12. The molecule has 3 aromatic rings. The largest absolute Gasteiger partial charge is 0.463 e. The number of hydrogen-bond acceptors (Lipinski definition) is 5.